The molecule has 0 aliphatic rings. The van der Waals surface area contributed by atoms with Crippen LogP contribution in [0, 0.1) is 0 Å². The van der Waals surface area contributed by atoms with Crippen molar-refractivity contribution in [3.05, 3.63) is 63.5 Å². The summed E-state index contributed by atoms with van der Waals surface area (Å²) in [7, 11) is 0. The largest absolute Gasteiger partial charge is 0.418 e. The molecule has 3 rings (SSSR count). The molecular formula is C17H10Cl2F3N3OS. The third kappa shape index (κ3) is 4.71. The summed E-state index contributed by atoms with van der Waals surface area (Å²) in [5.41, 5.74) is -0.224. The quantitative estimate of drug-likeness (QED) is 0.480. The van der Waals surface area contributed by atoms with Gasteiger partial charge in [0.05, 0.1) is 22.0 Å². The Morgan fingerprint density at radius 2 is 1.81 bits per heavy atom. The Kier molecular flexibility index (Phi) is 5.59. The topological polar surface area (TPSA) is 54.0 Å². The van der Waals surface area contributed by atoms with E-state index in [2.05, 4.69) is 15.6 Å². The molecule has 3 aromatic rings. The number of anilines is 2. The highest BCUT2D eigenvalue weighted by Gasteiger charge is 2.33. The van der Waals surface area contributed by atoms with Gasteiger partial charge in [-0.1, -0.05) is 35.3 Å². The molecule has 140 valence electrons. The number of thiazole rings is 1. The number of benzene rings is 2. The van der Waals surface area contributed by atoms with E-state index in [0.29, 0.717) is 21.3 Å². The normalized spacial score (nSPS) is 11.3. The number of carbonyl (C=O) groups excluding carboxylic acids is 1. The molecule has 2 aromatic carbocycles. The number of hydrogen-bond acceptors (Lipinski definition) is 3. The van der Waals surface area contributed by atoms with Gasteiger partial charge in [-0.2, -0.15) is 13.2 Å². The van der Waals surface area contributed by atoms with E-state index in [1.54, 1.807) is 23.6 Å². The van der Waals surface area contributed by atoms with Gasteiger partial charge in [0.15, 0.2) is 5.13 Å². The third-order valence-electron chi connectivity index (χ3n) is 3.41. The Labute approximate surface area is 165 Å². The first-order valence-electron chi connectivity index (χ1n) is 7.39. The highest BCUT2D eigenvalue weighted by Crippen LogP contribution is 2.35. The van der Waals surface area contributed by atoms with E-state index in [1.165, 1.54) is 18.2 Å². The van der Waals surface area contributed by atoms with E-state index in [9.17, 15) is 18.0 Å². The average Bonchev–Trinajstić information content (AvgIpc) is 3.04. The molecule has 2 N–H and O–H groups in total. The highest BCUT2D eigenvalue weighted by atomic mass is 35.5. The van der Waals surface area contributed by atoms with Crippen LogP contribution >= 0.6 is 34.5 Å². The number of alkyl halides is 3. The Hall–Kier alpha value is -2.29. The summed E-state index contributed by atoms with van der Waals surface area (Å²) >= 11 is 13.2. The van der Waals surface area contributed by atoms with Gasteiger partial charge in [0.2, 0.25) is 0 Å². The molecule has 2 amide bonds. The van der Waals surface area contributed by atoms with Crippen LogP contribution in [-0.4, -0.2) is 11.0 Å². The van der Waals surface area contributed by atoms with Crippen LogP contribution in [0.15, 0.2) is 47.8 Å². The van der Waals surface area contributed by atoms with Gasteiger partial charge in [0, 0.05) is 16.0 Å². The minimum absolute atomic E-state index is 0.197. The van der Waals surface area contributed by atoms with Gasteiger partial charge in [-0.3, -0.25) is 5.32 Å². The second-order valence-corrected chi connectivity index (χ2v) is 6.99. The molecule has 0 radical (unpaired) electrons. The maximum absolute atomic E-state index is 13.0. The first-order valence-corrected chi connectivity index (χ1v) is 9.03. The lowest BCUT2D eigenvalue weighted by molar-refractivity contribution is -0.136. The van der Waals surface area contributed by atoms with Crippen molar-refractivity contribution in [2.75, 3.05) is 10.6 Å². The van der Waals surface area contributed by atoms with Crippen molar-refractivity contribution in [3.63, 3.8) is 0 Å². The predicted octanol–water partition coefficient (Wildman–Crippen LogP) is 6.78. The fourth-order valence-electron chi connectivity index (χ4n) is 2.24. The standard InChI is InChI=1S/C17H10Cl2F3N3OS/c18-9-5-6-12(19)10(7-9)14-8-27-16(24-14)25-15(26)23-13-4-2-1-3-11(13)17(20,21)22/h1-8H,(H2,23,24,25,26). The lowest BCUT2D eigenvalue weighted by atomic mass is 10.1. The van der Waals surface area contributed by atoms with Crippen molar-refractivity contribution >= 4 is 51.4 Å². The molecule has 4 nitrogen and oxygen atoms in total. The van der Waals surface area contributed by atoms with Crippen LogP contribution in [0.2, 0.25) is 10.0 Å². The summed E-state index contributed by atoms with van der Waals surface area (Å²) in [6.07, 6.45) is -4.58. The zero-order valence-corrected chi connectivity index (χ0v) is 15.6. The third-order valence-corrected chi connectivity index (χ3v) is 4.73. The number of rotatable bonds is 3. The molecule has 0 saturated heterocycles. The SMILES string of the molecule is O=C(Nc1nc(-c2cc(Cl)ccc2Cl)cs1)Nc1ccccc1C(F)(F)F. The highest BCUT2D eigenvalue weighted by molar-refractivity contribution is 7.14. The van der Waals surface area contributed by atoms with Crippen LogP contribution < -0.4 is 10.6 Å². The van der Waals surface area contributed by atoms with Crippen molar-refractivity contribution in [2.24, 2.45) is 0 Å². The van der Waals surface area contributed by atoms with Gasteiger partial charge >= 0.3 is 12.2 Å². The second kappa shape index (κ2) is 7.75. The minimum atomic E-state index is -4.58. The number of carbonyl (C=O) groups is 1. The fourth-order valence-corrected chi connectivity index (χ4v) is 3.33. The monoisotopic (exact) mass is 431 g/mol. The molecule has 0 spiro atoms. The zero-order valence-electron chi connectivity index (χ0n) is 13.3. The summed E-state index contributed by atoms with van der Waals surface area (Å²) in [5, 5.41) is 7.34. The Bertz CT molecular complexity index is 992. The summed E-state index contributed by atoms with van der Waals surface area (Å²) in [5.74, 6) is 0. The number of urea groups is 1. The van der Waals surface area contributed by atoms with Crippen LogP contribution in [0.1, 0.15) is 5.56 Å². The Morgan fingerprint density at radius 1 is 1.07 bits per heavy atom. The summed E-state index contributed by atoms with van der Waals surface area (Å²) < 4.78 is 38.9. The summed E-state index contributed by atoms with van der Waals surface area (Å²) in [6, 6.07) is 8.73. The smallest absolute Gasteiger partial charge is 0.307 e. The van der Waals surface area contributed by atoms with Crippen molar-refractivity contribution < 1.29 is 18.0 Å². The van der Waals surface area contributed by atoms with Crippen LogP contribution in [0.4, 0.5) is 28.8 Å². The van der Waals surface area contributed by atoms with Crippen LogP contribution in [0.3, 0.4) is 0 Å². The molecule has 0 bridgehead atoms. The first-order chi connectivity index (χ1) is 12.7. The maximum Gasteiger partial charge on any atom is 0.418 e. The zero-order chi connectivity index (χ0) is 19.6. The van der Waals surface area contributed by atoms with E-state index >= 15 is 0 Å². The number of halogens is 5. The molecule has 1 heterocycles. The Balaban J connectivity index is 1.75. The molecule has 0 aliphatic carbocycles. The van der Waals surface area contributed by atoms with Gasteiger partial charge in [0.1, 0.15) is 0 Å². The second-order valence-electron chi connectivity index (χ2n) is 5.28. The maximum atomic E-state index is 13.0. The number of nitrogens with zero attached hydrogens (tertiary/aromatic N) is 1. The molecule has 1 aromatic heterocycles. The van der Waals surface area contributed by atoms with Crippen molar-refractivity contribution in [2.45, 2.75) is 6.18 Å². The van der Waals surface area contributed by atoms with Crippen molar-refractivity contribution in [1.82, 2.24) is 4.98 Å². The summed E-state index contributed by atoms with van der Waals surface area (Å²) in [6.45, 7) is 0. The Morgan fingerprint density at radius 3 is 2.56 bits per heavy atom. The minimum Gasteiger partial charge on any atom is -0.307 e. The van der Waals surface area contributed by atoms with Crippen LogP contribution in [-0.2, 0) is 6.18 Å². The van der Waals surface area contributed by atoms with E-state index in [-0.39, 0.29) is 10.8 Å². The van der Waals surface area contributed by atoms with Crippen LogP contribution in [0.5, 0.6) is 0 Å². The number of aromatic nitrogens is 1. The lowest BCUT2D eigenvalue weighted by Crippen LogP contribution is -2.21. The average molecular weight is 432 g/mol. The van der Waals surface area contributed by atoms with Crippen molar-refractivity contribution in [1.29, 1.82) is 0 Å². The van der Waals surface area contributed by atoms with Gasteiger partial charge in [-0.15, -0.1) is 11.3 Å². The number of nitrogens with one attached hydrogen (secondary N) is 2. The van der Waals surface area contributed by atoms with E-state index in [1.807, 2.05) is 0 Å². The van der Waals surface area contributed by atoms with Crippen molar-refractivity contribution in [3.8, 4) is 11.3 Å². The molecule has 27 heavy (non-hydrogen) atoms. The van der Waals surface area contributed by atoms with E-state index in [4.69, 9.17) is 23.2 Å². The van der Waals surface area contributed by atoms with Gasteiger partial charge in [-0.25, -0.2) is 9.78 Å². The van der Waals surface area contributed by atoms with Crippen LogP contribution in [0.25, 0.3) is 11.3 Å². The molecule has 10 heteroatoms. The molecule has 0 atom stereocenters. The number of hydrogen-bond donors (Lipinski definition) is 2. The molecule has 0 saturated carbocycles. The molecule has 0 fully saturated rings. The van der Waals surface area contributed by atoms with E-state index < -0.39 is 17.8 Å². The lowest BCUT2D eigenvalue weighted by Gasteiger charge is -2.13. The number of amides is 2. The predicted molar refractivity (Wildman–Crippen MR) is 102 cm³/mol. The first kappa shape index (κ1) is 19.5. The molecule has 0 unspecified atom stereocenters. The van der Waals surface area contributed by atoms with Gasteiger partial charge in [-0.05, 0) is 30.3 Å². The number of para-hydroxylation sites is 1. The molecular weight excluding hydrogens is 422 g/mol. The fraction of sp³-hybridized carbons (Fsp3) is 0.0588. The van der Waals surface area contributed by atoms with E-state index in [0.717, 1.165) is 17.4 Å². The van der Waals surface area contributed by atoms with Gasteiger partial charge < -0.3 is 5.32 Å². The van der Waals surface area contributed by atoms with Gasteiger partial charge in [0.25, 0.3) is 0 Å². The summed E-state index contributed by atoms with van der Waals surface area (Å²) in [4.78, 5) is 16.3. The molecule has 0 aliphatic heterocycles.